The molecule has 2 aromatic rings. The standard InChI is InChI=1S/C11H10N2O4S/c1-5-3-8(18-9(5)11(15)16)12-10(14)7-4-6(2)13-17-7/h3-4H,1-2H3,(H,12,14)(H,15,16). The number of aromatic carboxylic acids is 1. The van der Waals surface area contributed by atoms with Gasteiger partial charge in [-0.3, -0.25) is 4.79 Å². The van der Waals surface area contributed by atoms with Gasteiger partial charge in [-0.15, -0.1) is 11.3 Å². The summed E-state index contributed by atoms with van der Waals surface area (Å²) in [7, 11) is 0. The van der Waals surface area contributed by atoms with Crippen LogP contribution in [0.25, 0.3) is 0 Å². The molecule has 0 spiro atoms. The zero-order chi connectivity index (χ0) is 13.3. The third-order valence-corrected chi connectivity index (χ3v) is 3.34. The van der Waals surface area contributed by atoms with Gasteiger partial charge in [0, 0.05) is 6.07 Å². The first-order chi connectivity index (χ1) is 8.47. The lowest BCUT2D eigenvalue weighted by molar-refractivity contribution is 0.0701. The Morgan fingerprint density at radius 1 is 1.39 bits per heavy atom. The smallest absolute Gasteiger partial charge is 0.346 e. The molecule has 0 aliphatic rings. The number of carboxylic acid groups (broad SMARTS) is 1. The van der Waals surface area contributed by atoms with Gasteiger partial charge in [0.15, 0.2) is 0 Å². The summed E-state index contributed by atoms with van der Waals surface area (Å²) in [5, 5.41) is 15.5. The summed E-state index contributed by atoms with van der Waals surface area (Å²) < 4.78 is 4.81. The molecule has 0 fully saturated rings. The Balaban J connectivity index is 2.17. The summed E-state index contributed by atoms with van der Waals surface area (Å²) in [4.78, 5) is 22.8. The van der Waals surface area contributed by atoms with Gasteiger partial charge in [-0.2, -0.15) is 0 Å². The number of anilines is 1. The maximum atomic E-state index is 11.7. The predicted octanol–water partition coefficient (Wildman–Crippen LogP) is 2.30. The fourth-order valence-electron chi connectivity index (χ4n) is 1.40. The zero-order valence-electron chi connectivity index (χ0n) is 9.68. The summed E-state index contributed by atoms with van der Waals surface area (Å²) in [6.07, 6.45) is 0. The molecule has 7 heteroatoms. The summed E-state index contributed by atoms with van der Waals surface area (Å²) in [6, 6.07) is 3.11. The number of carbonyl (C=O) groups excluding carboxylic acids is 1. The maximum Gasteiger partial charge on any atom is 0.346 e. The highest BCUT2D eigenvalue weighted by atomic mass is 32.1. The third-order valence-electron chi connectivity index (χ3n) is 2.20. The lowest BCUT2D eigenvalue weighted by Crippen LogP contribution is -2.09. The molecular formula is C11H10N2O4S. The Morgan fingerprint density at radius 2 is 2.11 bits per heavy atom. The molecule has 0 aromatic carbocycles. The van der Waals surface area contributed by atoms with E-state index < -0.39 is 11.9 Å². The van der Waals surface area contributed by atoms with Crippen molar-refractivity contribution in [3.8, 4) is 0 Å². The number of hydrogen-bond acceptors (Lipinski definition) is 5. The monoisotopic (exact) mass is 266 g/mol. The van der Waals surface area contributed by atoms with Crippen molar-refractivity contribution >= 4 is 28.2 Å². The van der Waals surface area contributed by atoms with E-state index in [-0.39, 0.29) is 10.6 Å². The van der Waals surface area contributed by atoms with Crippen molar-refractivity contribution in [3.63, 3.8) is 0 Å². The number of aromatic nitrogens is 1. The van der Waals surface area contributed by atoms with E-state index in [0.29, 0.717) is 16.3 Å². The lowest BCUT2D eigenvalue weighted by atomic mass is 10.3. The van der Waals surface area contributed by atoms with E-state index in [9.17, 15) is 9.59 Å². The number of nitrogens with one attached hydrogen (secondary N) is 1. The minimum Gasteiger partial charge on any atom is -0.477 e. The van der Waals surface area contributed by atoms with Gasteiger partial charge in [0.25, 0.3) is 5.91 Å². The fourth-order valence-corrected chi connectivity index (χ4v) is 2.31. The number of carbonyl (C=O) groups is 2. The molecule has 0 atom stereocenters. The van der Waals surface area contributed by atoms with Crippen LogP contribution >= 0.6 is 11.3 Å². The molecule has 0 unspecified atom stereocenters. The van der Waals surface area contributed by atoms with Crippen molar-refractivity contribution in [2.24, 2.45) is 0 Å². The highest BCUT2D eigenvalue weighted by Crippen LogP contribution is 2.26. The first-order valence-electron chi connectivity index (χ1n) is 5.06. The minimum atomic E-state index is -1.01. The topological polar surface area (TPSA) is 92.4 Å². The van der Waals surface area contributed by atoms with Gasteiger partial charge in [0.05, 0.1) is 10.7 Å². The number of carboxylic acids is 1. The van der Waals surface area contributed by atoms with Gasteiger partial charge >= 0.3 is 5.97 Å². The molecular weight excluding hydrogens is 256 g/mol. The number of nitrogens with zero attached hydrogens (tertiary/aromatic N) is 1. The Hall–Kier alpha value is -2.15. The van der Waals surface area contributed by atoms with Crippen LogP contribution in [0.15, 0.2) is 16.7 Å². The van der Waals surface area contributed by atoms with Crippen LogP contribution in [-0.4, -0.2) is 22.1 Å². The van der Waals surface area contributed by atoms with E-state index in [2.05, 4.69) is 10.5 Å². The van der Waals surface area contributed by atoms with E-state index in [1.165, 1.54) is 6.07 Å². The summed E-state index contributed by atoms with van der Waals surface area (Å²) in [5.74, 6) is -1.36. The number of thiophene rings is 1. The fraction of sp³-hybridized carbons (Fsp3) is 0.182. The summed E-state index contributed by atoms with van der Waals surface area (Å²) in [5.41, 5.74) is 1.21. The third kappa shape index (κ3) is 2.40. The van der Waals surface area contributed by atoms with Gasteiger partial charge in [0.2, 0.25) is 5.76 Å². The molecule has 2 rings (SSSR count). The molecule has 0 aliphatic carbocycles. The second-order valence-corrected chi connectivity index (χ2v) is 4.77. The highest BCUT2D eigenvalue weighted by molar-refractivity contribution is 7.18. The van der Waals surface area contributed by atoms with Crippen molar-refractivity contribution in [2.75, 3.05) is 5.32 Å². The minimum absolute atomic E-state index is 0.0930. The van der Waals surface area contributed by atoms with Crippen molar-refractivity contribution in [1.29, 1.82) is 0 Å². The second kappa shape index (κ2) is 4.61. The van der Waals surface area contributed by atoms with Crippen LogP contribution in [0, 0.1) is 13.8 Å². The maximum absolute atomic E-state index is 11.7. The van der Waals surface area contributed by atoms with E-state index in [4.69, 9.17) is 9.63 Å². The molecule has 0 aliphatic heterocycles. The van der Waals surface area contributed by atoms with Gasteiger partial charge in [-0.05, 0) is 25.5 Å². The lowest BCUT2D eigenvalue weighted by Gasteiger charge is -1.96. The van der Waals surface area contributed by atoms with Crippen LogP contribution in [0.4, 0.5) is 5.00 Å². The highest BCUT2D eigenvalue weighted by Gasteiger charge is 2.16. The van der Waals surface area contributed by atoms with Crippen molar-refractivity contribution in [2.45, 2.75) is 13.8 Å². The zero-order valence-corrected chi connectivity index (χ0v) is 10.5. The van der Waals surface area contributed by atoms with Crippen LogP contribution in [0.2, 0.25) is 0 Å². The van der Waals surface area contributed by atoms with Gasteiger partial charge in [-0.1, -0.05) is 5.16 Å². The SMILES string of the molecule is Cc1cc(C(=O)Nc2cc(C)c(C(=O)O)s2)on1. The number of aryl methyl sites for hydroxylation is 2. The predicted molar refractivity (Wildman–Crippen MR) is 65.2 cm³/mol. The van der Waals surface area contributed by atoms with Crippen molar-refractivity contribution < 1.29 is 19.2 Å². The number of hydrogen-bond donors (Lipinski definition) is 2. The van der Waals surface area contributed by atoms with Crippen LogP contribution in [0.1, 0.15) is 31.5 Å². The normalized spacial score (nSPS) is 10.3. The molecule has 0 bridgehead atoms. The Bertz CT molecular complexity index is 614. The Kier molecular flexibility index (Phi) is 3.15. The van der Waals surface area contributed by atoms with Crippen molar-refractivity contribution in [3.05, 3.63) is 34.0 Å². The molecule has 0 saturated carbocycles. The first-order valence-corrected chi connectivity index (χ1v) is 5.87. The van der Waals surface area contributed by atoms with E-state index in [1.807, 2.05) is 0 Å². The largest absolute Gasteiger partial charge is 0.477 e. The average Bonchev–Trinajstić information content (AvgIpc) is 2.85. The van der Waals surface area contributed by atoms with Gasteiger partial charge in [0.1, 0.15) is 4.88 Å². The van der Waals surface area contributed by atoms with Crippen LogP contribution in [0.5, 0.6) is 0 Å². The molecule has 2 aromatic heterocycles. The average molecular weight is 266 g/mol. The molecule has 0 radical (unpaired) electrons. The second-order valence-electron chi connectivity index (χ2n) is 3.71. The molecule has 1 amide bonds. The first kappa shape index (κ1) is 12.3. The van der Waals surface area contributed by atoms with E-state index >= 15 is 0 Å². The Labute approximate surface area is 106 Å². The molecule has 6 nitrogen and oxygen atoms in total. The van der Waals surface area contributed by atoms with Gasteiger partial charge in [-0.25, -0.2) is 4.79 Å². The van der Waals surface area contributed by atoms with Crippen LogP contribution in [-0.2, 0) is 0 Å². The molecule has 94 valence electrons. The van der Waals surface area contributed by atoms with E-state index in [1.54, 1.807) is 19.9 Å². The Morgan fingerprint density at radius 3 is 2.61 bits per heavy atom. The van der Waals surface area contributed by atoms with Crippen LogP contribution < -0.4 is 5.32 Å². The van der Waals surface area contributed by atoms with Gasteiger partial charge < -0.3 is 14.9 Å². The number of amides is 1. The van der Waals surface area contributed by atoms with E-state index in [0.717, 1.165) is 11.3 Å². The molecule has 2 heterocycles. The number of rotatable bonds is 3. The summed E-state index contributed by atoms with van der Waals surface area (Å²) in [6.45, 7) is 3.38. The quantitative estimate of drug-likeness (QED) is 0.889. The van der Waals surface area contributed by atoms with Crippen molar-refractivity contribution in [1.82, 2.24) is 5.16 Å². The molecule has 2 N–H and O–H groups in total. The summed E-state index contributed by atoms with van der Waals surface area (Å²) >= 11 is 1.00. The molecule has 18 heavy (non-hydrogen) atoms. The van der Waals surface area contributed by atoms with Crippen LogP contribution in [0.3, 0.4) is 0 Å². The molecule has 0 saturated heterocycles.